The van der Waals surface area contributed by atoms with Gasteiger partial charge in [0.25, 0.3) is 0 Å². The fourth-order valence-corrected chi connectivity index (χ4v) is 16.0. The second-order valence-electron chi connectivity index (χ2n) is 25.8. The SMILES string of the molecule is C/C=C(/C)C(=O)O[C@H]1[C@H](OC(=O)/C(C)=C\C)[C@@]2(CO)C(CC1(C)C)C1=CCC3[C@@]4(C)CC[C@H](O[C@@H]5OC(C(=O)O)[C@@H](O)C(OC(C)O[C@@H](CO)C(O)CO)C5O[C@@H]5OC(CO)[C@@H](O)C(O)C5O)[C@](C)(CO)C4CC[C@@]3(C)[C@]1(C)[C@@H](O)[C@H]2O. The van der Waals surface area contributed by atoms with E-state index in [-0.39, 0.29) is 30.3 Å². The molecule has 0 aromatic carbocycles. The molecule has 6 fully saturated rings. The zero-order valence-electron chi connectivity index (χ0n) is 48.9. The molecule has 7 aliphatic rings. The highest BCUT2D eigenvalue weighted by Gasteiger charge is 2.77. The lowest BCUT2D eigenvalue weighted by atomic mass is 9.32. The van der Waals surface area contributed by atoms with Gasteiger partial charge in [-0.2, -0.15) is 0 Å². The van der Waals surface area contributed by atoms with Crippen LogP contribution >= 0.6 is 0 Å². The summed E-state index contributed by atoms with van der Waals surface area (Å²) in [6, 6.07) is 0. The Morgan fingerprint density at radius 2 is 1.35 bits per heavy atom. The number of carbonyl (C=O) groups excluding carboxylic acids is 2. The van der Waals surface area contributed by atoms with Crippen molar-refractivity contribution in [3.63, 3.8) is 0 Å². The molecule has 13 N–H and O–H groups in total. The van der Waals surface area contributed by atoms with Crippen molar-refractivity contribution in [3.8, 4) is 0 Å². The largest absolute Gasteiger partial charge is 0.479 e. The zero-order valence-corrected chi connectivity index (χ0v) is 48.9. The van der Waals surface area contributed by atoms with E-state index >= 15 is 0 Å². The highest BCUT2D eigenvalue weighted by Crippen LogP contribution is 2.76. The molecule has 0 aromatic rings. The molecule has 0 amide bonds. The van der Waals surface area contributed by atoms with Crippen LogP contribution in [0.3, 0.4) is 0 Å². The van der Waals surface area contributed by atoms with Crippen molar-refractivity contribution >= 4 is 17.9 Å². The fraction of sp³-hybridized carbons (Fsp3) is 0.845. The summed E-state index contributed by atoms with van der Waals surface area (Å²) in [5, 5.41) is 144. The molecule has 2 aliphatic heterocycles. The number of hydrogen-bond donors (Lipinski definition) is 13. The fourth-order valence-electron chi connectivity index (χ4n) is 16.0. The van der Waals surface area contributed by atoms with Gasteiger partial charge in [-0.25, -0.2) is 14.4 Å². The van der Waals surface area contributed by atoms with Crippen molar-refractivity contribution in [2.45, 2.75) is 225 Å². The maximum atomic E-state index is 13.9. The lowest BCUT2D eigenvalue weighted by molar-refractivity contribution is -0.387. The molecule has 0 spiro atoms. The molecule has 11 unspecified atom stereocenters. The lowest BCUT2D eigenvalue weighted by Gasteiger charge is -2.73. The van der Waals surface area contributed by atoms with Gasteiger partial charge in [-0.3, -0.25) is 0 Å². The summed E-state index contributed by atoms with van der Waals surface area (Å²) in [6.07, 6.45) is -23.0. The Hall–Kier alpha value is -3.09. The summed E-state index contributed by atoms with van der Waals surface area (Å²) in [7, 11) is 0. The normalized spacial score (nSPS) is 45.9. The topological polar surface area (TPSA) is 388 Å². The van der Waals surface area contributed by atoms with Crippen molar-refractivity contribution in [1.82, 2.24) is 0 Å². The Balaban J connectivity index is 1.26. The molecular weight excluding hydrogens is 1080 g/mol. The first-order valence-corrected chi connectivity index (χ1v) is 28.7. The molecule has 0 radical (unpaired) electrons. The monoisotopic (exact) mass is 1170 g/mol. The molecule has 82 heavy (non-hydrogen) atoms. The van der Waals surface area contributed by atoms with E-state index in [0.717, 1.165) is 5.57 Å². The minimum absolute atomic E-state index is 0.181. The molecule has 24 heteroatoms. The summed E-state index contributed by atoms with van der Waals surface area (Å²) in [5.74, 6) is -4.43. The Kier molecular flexibility index (Phi) is 20.2. The van der Waals surface area contributed by atoms with Crippen LogP contribution in [0, 0.1) is 50.2 Å². The zero-order chi connectivity index (χ0) is 61.1. The molecule has 5 aliphatic carbocycles. The first-order valence-electron chi connectivity index (χ1n) is 28.7. The molecule has 7 rings (SSSR count). The molecule has 26 atom stereocenters. The van der Waals surface area contributed by atoms with Gasteiger partial charge in [-0.1, -0.05) is 65.3 Å². The van der Waals surface area contributed by atoms with Gasteiger partial charge < -0.3 is 104 Å². The number of aliphatic hydroxyl groups excluding tert-OH is 12. The summed E-state index contributed by atoms with van der Waals surface area (Å²) in [5.41, 5.74) is -5.21. The standard InChI is InChI=1S/C58H92O24/c1-12-26(3)49(73)81-46-47(82-50(74)27(4)13-2)58(25-63)30(20-53(46,6)7)29-14-15-35-54(8)18-17-36(55(9,24-62)34(54)16-19-56(35,10)57(29,11)44(69)45(58)70)78-52-43(80-51-39(67)38(66)37(65)33(23-61)77-51)41(40(68)42(79-52)48(71)72)76-28(5)75-32(22-60)31(64)21-59/h12-14,28,30-47,51-52,59-70H,15-25H2,1-11H3,(H,71,72)/b26-12-,27-13-/t28?,30?,31?,32-,33?,34?,35?,36-,37+,38?,39?,40-,41?,42?,43?,44-,45+,46-,47-,51-,52+,54-,55+,56+,57-,58-/m0/s1. The third-order valence-corrected chi connectivity index (χ3v) is 21.2. The van der Waals surface area contributed by atoms with Crippen molar-refractivity contribution < 1.29 is 119 Å². The average Bonchev–Trinajstić information content (AvgIpc) is 1.48. The Morgan fingerprint density at radius 1 is 0.732 bits per heavy atom. The van der Waals surface area contributed by atoms with Gasteiger partial charge in [0, 0.05) is 27.4 Å². The quantitative estimate of drug-likeness (QED) is 0.0263. The number of allylic oxidation sites excluding steroid dienone is 3. The number of aliphatic carboxylic acids is 1. The van der Waals surface area contributed by atoms with Crippen LogP contribution in [0.15, 0.2) is 34.9 Å². The Bertz CT molecular complexity index is 2380. The predicted octanol–water partition coefficient (Wildman–Crippen LogP) is -0.127. The molecule has 4 saturated carbocycles. The molecule has 24 nitrogen and oxygen atoms in total. The maximum absolute atomic E-state index is 13.9. The number of carboxylic acid groups (broad SMARTS) is 1. The van der Waals surface area contributed by atoms with Crippen molar-refractivity contribution in [1.29, 1.82) is 0 Å². The maximum Gasteiger partial charge on any atom is 0.335 e. The van der Waals surface area contributed by atoms with E-state index in [1.807, 2.05) is 27.7 Å². The number of ether oxygens (including phenoxy) is 8. The first kappa shape index (κ1) is 66.4. The Labute approximate surface area is 478 Å². The number of rotatable bonds is 19. The molecule has 2 heterocycles. The molecule has 0 bridgehead atoms. The number of hydrogen-bond acceptors (Lipinski definition) is 23. The number of fused-ring (bicyclic) bond motifs is 7. The Morgan fingerprint density at radius 3 is 1.90 bits per heavy atom. The van der Waals surface area contributed by atoms with Gasteiger partial charge in [0.05, 0.1) is 56.8 Å². The van der Waals surface area contributed by atoms with Crippen LogP contribution in [0.4, 0.5) is 0 Å². The van der Waals surface area contributed by atoms with E-state index < -0.39 is 200 Å². The van der Waals surface area contributed by atoms with Gasteiger partial charge >= 0.3 is 17.9 Å². The van der Waals surface area contributed by atoms with Gasteiger partial charge in [-0.15, -0.1) is 0 Å². The number of carboxylic acids is 1. The minimum atomic E-state index is -2.11. The third kappa shape index (κ3) is 10.9. The summed E-state index contributed by atoms with van der Waals surface area (Å²) in [6.45, 7) is 15.8. The minimum Gasteiger partial charge on any atom is -0.479 e. The van der Waals surface area contributed by atoms with Crippen LogP contribution in [0.5, 0.6) is 0 Å². The van der Waals surface area contributed by atoms with Crippen molar-refractivity contribution in [3.05, 3.63) is 34.9 Å². The smallest absolute Gasteiger partial charge is 0.335 e. The number of aliphatic hydroxyl groups is 12. The predicted molar refractivity (Wildman–Crippen MR) is 285 cm³/mol. The van der Waals surface area contributed by atoms with Gasteiger partial charge in [0.2, 0.25) is 0 Å². The van der Waals surface area contributed by atoms with Gasteiger partial charge in [-0.05, 0) is 102 Å². The number of esters is 2. The van der Waals surface area contributed by atoms with Crippen LogP contribution in [0.1, 0.15) is 115 Å². The van der Waals surface area contributed by atoms with Crippen molar-refractivity contribution in [2.24, 2.45) is 50.2 Å². The molecular formula is C58H92O24. The highest BCUT2D eigenvalue weighted by molar-refractivity contribution is 5.89. The molecule has 2 saturated heterocycles. The summed E-state index contributed by atoms with van der Waals surface area (Å²) >= 11 is 0. The summed E-state index contributed by atoms with van der Waals surface area (Å²) < 4.78 is 49.1. The van der Waals surface area contributed by atoms with Crippen molar-refractivity contribution in [2.75, 3.05) is 33.0 Å². The van der Waals surface area contributed by atoms with E-state index in [0.29, 0.717) is 31.3 Å². The van der Waals surface area contributed by atoms with E-state index in [2.05, 4.69) is 19.9 Å². The second kappa shape index (κ2) is 24.9. The second-order valence-corrected chi connectivity index (χ2v) is 25.8. The summed E-state index contributed by atoms with van der Waals surface area (Å²) in [4.78, 5) is 40.4. The van der Waals surface area contributed by atoms with Crippen LogP contribution in [-0.2, 0) is 52.3 Å². The van der Waals surface area contributed by atoms with Crippen LogP contribution in [0.25, 0.3) is 0 Å². The van der Waals surface area contributed by atoms with Gasteiger partial charge in [0.15, 0.2) is 31.1 Å². The van der Waals surface area contributed by atoms with Gasteiger partial charge in [0.1, 0.15) is 61.0 Å². The molecule has 468 valence electrons. The van der Waals surface area contributed by atoms with Crippen LogP contribution in [0.2, 0.25) is 0 Å². The third-order valence-electron chi connectivity index (χ3n) is 21.2. The van der Waals surface area contributed by atoms with Crippen LogP contribution < -0.4 is 0 Å². The molecule has 0 aromatic heterocycles. The van der Waals surface area contributed by atoms with E-state index in [4.69, 9.17) is 37.9 Å². The highest BCUT2D eigenvalue weighted by atomic mass is 16.8. The van der Waals surface area contributed by atoms with E-state index in [1.54, 1.807) is 39.8 Å². The van der Waals surface area contributed by atoms with E-state index in [9.17, 15) is 80.8 Å². The average molecular weight is 1170 g/mol. The lowest BCUT2D eigenvalue weighted by Crippen LogP contribution is -2.76. The number of carbonyl (C=O) groups is 3. The first-order chi connectivity index (χ1) is 38.3. The van der Waals surface area contributed by atoms with E-state index in [1.165, 1.54) is 6.92 Å². The van der Waals surface area contributed by atoms with Crippen LogP contribution in [-0.4, -0.2) is 228 Å².